The Hall–Kier alpha value is 0. The van der Waals surface area contributed by atoms with Crippen LogP contribution in [0.4, 0.5) is 0 Å². The van der Waals surface area contributed by atoms with E-state index in [1.807, 2.05) is 0 Å². The standard InChI is InChI=1S/C37H66/c1-29(35(2)21-10-5-11-22-35)27-31(36(3)23-12-6-13-24-36)28-34(37(4)25-14-7-15-26-37)33-20-16-18-30-17-8-9-19-32(30)33/h29-34H,5-28H2,1-4H3. The second-order valence-corrected chi connectivity index (χ2v) is 16.6. The minimum absolute atomic E-state index is 0.613. The maximum atomic E-state index is 2.81. The van der Waals surface area contributed by atoms with E-state index in [9.17, 15) is 0 Å². The largest absolute Gasteiger partial charge is 0.0620 e. The summed E-state index contributed by atoms with van der Waals surface area (Å²) >= 11 is 0. The van der Waals surface area contributed by atoms with Gasteiger partial charge in [-0.3, -0.25) is 0 Å². The van der Waals surface area contributed by atoms with Crippen LogP contribution in [0.3, 0.4) is 0 Å². The highest BCUT2D eigenvalue weighted by Crippen LogP contribution is 2.59. The molecule has 0 nitrogen and oxygen atoms in total. The van der Waals surface area contributed by atoms with Gasteiger partial charge in [-0.1, -0.05) is 118 Å². The van der Waals surface area contributed by atoms with Gasteiger partial charge in [0.15, 0.2) is 0 Å². The molecule has 0 heteroatoms. The SMILES string of the molecule is CC(CC(CC(C1CCCC2CCCCC21)C1(C)CCCCC1)C1(C)CCCCC1)C1(C)CCCCC1. The molecule has 5 aliphatic carbocycles. The van der Waals surface area contributed by atoms with Gasteiger partial charge in [-0.25, -0.2) is 0 Å². The van der Waals surface area contributed by atoms with Crippen molar-refractivity contribution in [2.45, 2.75) is 182 Å². The summed E-state index contributed by atoms with van der Waals surface area (Å²) in [5, 5.41) is 0. The summed E-state index contributed by atoms with van der Waals surface area (Å²) in [6, 6.07) is 0. The van der Waals surface area contributed by atoms with Gasteiger partial charge in [-0.15, -0.1) is 0 Å². The van der Waals surface area contributed by atoms with E-state index in [2.05, 4.69) is 27.7 Å². The molecule has 0 amide bonds. The molecule has 0 aromatic carbocycles. The third-order valence-corrected chi connectivity index (χ3v) is 14.4. The fourth-order valence-corrected chi connectivity index (χ4v) is 11.5. The molecule has 0 aromatic heterocycles. The van der Waals surface area contributed by atoms with Gasteiger partial charge in [0.2, 0.25) is 0 Å². The maximum Gasteiger partial charge on any atom is -0.0295 e. The average Bonchev–Trinajstić information content (AvgIpc) is 2.92. The van der Waals surface area contributed by atoms with E-state index >= 15 is 0 Å². The summed E-state index contributed by atoms with van der Waals surface area (Å²) in [6.07, 6.45) is 36.8. The minimum atomic E-state index is 0.613. The summed E-state index contributed by atoms with van der Waals surface area (Å²) in [7, 11) is 0. The zero-order chi connectivity index (χ0) is 25.9. The zero-order valence-corrected chi connectivity index (χ0v) is 25.9. The van der Waals surface area contributed by atoms with Crippen LogP contribution in [-0.4, -0.2) is 0 Å². The van der Waals surface area contributed by atoms with Gasteiger partial charge < -0.3 is 0 Å². The Labute approximate surface area is 233 Å². The van der Waals surface area contributed by atoms with Gasteiger partial charge in [0.25, 0.3) is 0 Å². The molecule has 0 aromatic rings. The number of fused-ring (bicyclic) bond motifs is 1. The van der Waals surface area contributed by atoms with E-state index in [0.717, 1.165) is 35.5 Å². The van der Waals surface area contributed by atoms with Crippen molar-refractivity contribution in [2.75, 3.05) is 0 Å². The van der Waals surface area contributed by atoms with Crippen LogP contribution < -0.4 is 0 Å². The van der Waals surface area contributed by atoms with E-state index in [0.29, 0.717) is 16.2 Å². The predicted octanol–water partition coefficient (Wildman–Crippen LogP) is 12.2. The first kappa shape index (κ1) is 28.5. The van der Waals surface area contributed by atoms with Crippen LogP contribution in [0.25, 0.3) is 0 Å². The minimum Gasteiger partial charge on any atom is -0.0620 e. The summed E-state index contributed by atoms with van der Waals surface area (Å²) in [4.78, 5) is 0. The van der Waals surface area contributed by atoms with Crippen molar-refractivity contribution in [3.05, 3.63) is 0 Å². The molecule has 5 saturated carbocycles. The van der Waals surface area contributed by atoms with Crippen LogP contribution in [0, 0.1) is 51.8 Å². The molecule has 37 heavy (non-hydrogen) atoms. The van der Waals surface area contributed by atoms with Gasteiger partial charge in [0.1, 0.15) is 0 Å². The molecular weight excluding hydrogens is 444 g/mol. The summed E-state index contributed by atoms with van der Waals surface area (Å²) in [5.41, 5.74) is 1.86. The Kier molecular flexibility index (Phi) is 9.44. The quantitative estimate of drug-likeness (QED) is 0.304. The van der Waals surface area contributed by atoms with E-state index in [4.69, 9.17) is 0 Å². The first-order valence-electron chi connectivity index (χ1n) is 17.8. The van der Waals surface area contributed by atoms with Gasteiger partial charge in [0.05, 0.1) is 0 Å². The van der Waals surface area contributed by atoms with E-state index < -0.39 is 0 Å². The molecule has 0 spiro atoms. The first-order chi connectivity index (χ1) is 17.8. The van der Waals surface area contributed by atoms with Crippen LogP contribution in [0.5, 0.6) is 0 Å². The van der Waals surface area contributed by atoms with Crippen molar-refractivity contribution in [2.24, 2.45) is 51.8 Å². The third-order valence-electron chi connectivity index (χ3n) is 14.4. The van der Waals surface area contributed by atoms with Crippen molar-refractivity contribution < 1.29 is 0 Å². The highest BCUT2D eigenvalue weighted by molar-refractivity contribution is 4.99. The third kappa shape index (κ3) is 6.34. The van der Waals surface area contributed by atoms with Crippen LogP contribution in [0.15, 0.2) is 0 Å². The smallest absolute Gasteiger partial charge is 0.0295 e. The van der Waals surface area contributed by atoms with Crippen LogP contribution >= 0.6 is 0 Å². The number of hydrogen-bond acceptors (Lipinski definition) is 0. The highest BCUT2D eigenvalue weighted by atomic mass is 14.5. The average molecular weight is 511 g/mol. The maximum absolute atomic E-state index is 2.81. The second kappa shape index (κ2) is 12.2. The Morgan fingerprint density at radius 1 is 0.514 bits per heavy atom. The molecule has 0 radical (unpaired) electrons. The second-order valence-electron chi connectivity index (χ2n) is 16.6. The molecule has 6 atom stereocenters. The van der Waals surface area contributed by atoms with Crippen LogP contribution in [-0.2, 0) is 0 Å². The molecule has 5 rings (SSSR count). The van der Waals surface area contributed by atoms with Crippen molar-refractivity contribution in [3.8, 4) is 0 Å². The van der Waals surface area contributed by atoms with E-state index in [-0.39, 0.29) is 0 Å². The first-order valence-corrected chi connectivity index (χ1v) is 17.8. The topological polar surface area (TPSA) is 0 Å². The summed E-state index contributed by atoms with van der Waals surface area (Å²) in [6.45, 7) is 11.0. The molecule has 0 saturated heterocycles. The van der Waals surface area contributed by atoms with Crippen LogP contribution in [0.1, 0.15) is 182 Å². The van der Waals surface area contributed by atoms with Gasteiger partial charge in [-0.05, 0) is 116 Å². The van der Waals surface area contributed by atoms with Crippen molar-refractivity contribution in [1.82, 2.24) is 0 Å². The molecule has 5 aliphatic rings. The molecule has 0 heterocycles. The lowest BCUT2D eigenvalue weighted by molar-refractivity contribution is -0.0457. The Balaban J connectivity index is 1.44. The fourth-order valence-electron chi connectivity index (χ4n) is 11.5. The number of hydrogen-bond donors (Lipinski definition) is 0. The Morgan fingerprint density at radius 3 is 1.65 bits per heavy atom. The van der Waals surface area contributed by atoms with Gasteiger partial charge in [-0.2, -0.15) is 0 Å². The Morgan fingerprint density at radius 2 is 1.03 bits per heavy atom. The summed E-state index contributed by atoms with van der Waals surface area (Å²) in [5.74, 6) is 6.11. The van der Waals surface area contributed by atoms with Gasteiger partial charge in [0, 0.05) is 0 Å². The van der Waals surface area contributed by atoms with Crippen molar-refractivity contribution >= 4 is 0 Å². The molecule has 6 unspecified atom stereocenters. The lowest BCUT2D eigenvalue weighted by atomic mass is 9.51. The van der Waals surface area contributed by atoms with Gasteiger partial charge >= 0.3 is 0 Å². The lowest BCUT2D eigenvalue weighted by Gasteiger charge is -2.54. The van der Waals surface area contributed by atoms with Crippen LogP contribution in [0.2, 0.25) is 0 Å². The molecule has 0 bridgehead atoms. The molecule has 5 fully saturated rings. The molecule has 0 N–H and O–H groups in total. The normalized spacial score (nSPS) is 36.2. The molecule has 214 valence electrons. The zero-order valence-electron chi connectivity index (χ0n) is 25.9. The van der Waals surface area contributed by atoms with Crippen molar-refractivity contribution in [3.63, 3.8) is 0 Å². The number of rotatable bonds is 8. The molecular formula is C37H66. The lowest BCUT2D eigenvalue weighted by Crippen LogP contribution is -2.45. The summed E-state index contributed by atoms with van der Waals surface area (Å²) < 4.78 is 0. The predicted molar refractivity (Wildman–Crippen MR) is 162 cm³/mol. The van der Waals surface area contributed by atoms with E-state index in [1.54, 1.807) is 57.8 Å². The monoisotopic (exact) mass is 511 g/mol. The highest BCUT2D eigenvalue weighted by Gasteiger charge is 2.49. The van der Waals surface area contributed by atoms with E-state index in [1.165, 1.54) is 96.3 Å². The fraction of sp³-hybridized carbons (Fsp3) is 1.00. The van der Waals surface area contributed by atoms with Crippen molar-refractivity contribution in [1.29, 1.82) is 0 Å². The Bertz CT molecular complexity index is 683. The molecule has 0 aliphatic heterocycles.